The van der Waals surface area contributed by atoms with E-state index in [1.807, 2.05) is 19.1 Å². The Bertz CT molecular complexity index is 700. The summed E-state index contributed by atoms with van der Waals surface area (Å²) >= 11 is 0. The quantitative estimate of drug-likeness (QED) is 0.881. The number of carbonyl (C=O) groups excluding carboxylic acids is 2. The number of esters is 1. The summed E-state index contributed by atoms with van der Waals surface area (Å²) in [7, 11) is 0. The van der Waals surface area contributed by atoms with Crippen LogP contribution in [-0.4, -0.2) is 18.0 Å². The number of nitrogens with one attached hydrogen (secondary N) is 1. The van der Waals surface area contributed by atoms with Gasteiger partial charge in [0.15, 0.2) is 6.10 Å². The maximum absolute atomic E-state index is 13.5. The molecule has 0 aliphatic heterocycles. The van der Waals surface area contributed by atoms with Crippen LogP contribution in [0.3, 0.4) is 0 Å². The first kappa shape index (κ1) is 15.7. The molecule has 114 valence electrons. The molecule has 0 fully saturated rings. The minimum Gasteiger partial charge on any atom is -0.449 e. The summed E-state index contributed by atoms with van der Waals surface area (Å²) in [5.41, 5.74) is 1.34. The van der Waals surface area contributed by atoms with Crippen molar-refractivity contribution in [2.24, 2.45) is 0 Å². The van der Waals surface area contributed by atoms with Crippen molar-refractivity contribution in [2.45, 2.75) is 20.0 Å². The predicted molar refractivity (Wildman–Crippen MR) is 81.1 cm³/mol. The largest absolute Gasteiger partial charge is 0.449 e. The molecule has 0 heterocycles. The van der Waals surface area contributed by atoms with Crippen LogP contribution >= 0.6 is 0 Å². The number of anilines is 1. The van der Waals surface area contributed by atoms with E-state index >= 15 is 0 Å². The molecule has 2 aromatic carbocycles. The zero-order valence-electron chi connectivity index (χ0n) is 12.3. The molecule has 1 N–H and O–H groups in total. The lowest BCUT2D eigenvalue weighted by atomic mass is 10.2. The second-order valence-corrected chi connectivity index (χ2v) is 4.83. The Kier molecular flexibility index (Phi) is 4.88. The van der Waals surface area contributed by atoms with Crippen LogP contribution in [0.5, 0.6) is 0 Å². The van der Waals surface area contributed by atoms with E-state index in [0.717, 1.165) is 11.6 Å². The standard InChI is InChI=1S/C17H16FNO3/c1-11-7-3-6-10-15(11)19-16(20)12(2)22-17(21)13-8-4-5-9-14(13)18/h3-10,12H,1-2H3,(H,19,20)/t12-/m1/s1. The van der Waals surface area contributed by atoms with Crippen molar-refractivity contribution in [1.29, 1.82) is 0 Å². The van der Waals surface area contributed by atoms with Gasteiger partial charge in [-0.15, -0.1) is 0 Å². The normalized spacial score (nSPS) is 11.6. The van der Waals surface area contributed by atoms with E-state index in [1.54, 1.807) is 12.1 Å². The van der Waals surface area contributed by atoms with Gasteiger partial charge >= 0.3 is 5.97 Å². The van der Waals surface area contributed by atoms with E-state index in [9.17, 15) is 14.0 Å². The molecule has 4 nitrogen and oxygen atoms in total. The van der Waals surface area contributed by atoms with Crippen LogP contribution in [-0.2, 0) is 9.53 Å². The summed E-state index contributed by atoms with van der Waals surface area (Å²) in [6.45, 7) is 3.29. The number of benzene rings is 2. The van der Waals surface area contributed by atoms with Crippen molar-refractivity contribution in [3.05, 3.63) is 65.5 Å². The van der Waals surface area contributed by atoms with Gasteiger partial charge in [-0.1, -0.05) is 30.3 Å². The van der Waals surface area contributed by atoms with E-state index < -0.39 is 23.8 Å². The Morgan fingerprint density at radius 2 is 1.73 bits per heavy atom. The molecule has 0 bridgehead atoms. The van der Waals surface area contributed by atoms with E-state index in [0.29, 0.717) is 5.69 Å². The summed E-state index contributed by atoms with van der Waals surface area (Å²) in [5, 5.41) is 2.67. The second-order valence-electron chi connectivity index (χ2n) is 4.83. The first-order chi connectivity index (χ1) is 10.5. The first-order valence-corrected chi connectivity index (χ1v) is 6.81. The molecule has 0 aliphatic rings. The van der Waals surface area contributed by atoms with Gasteiger partial charge in [0.2, 0.25) is 0 Å². The molecule has 0 spiro atoms. The molecule has 0 radical (unpaired) electrons. The monoisotopic (exact) mass is 301 g/mol. The van der Waals surface area contributed by atoms with Gasteiger partial charge in [-0.05, 0) is 37.6 Å². The number of rotatable bonds is 4. The number of ether oxygens (including phenoxy) is 1. The molecule has 2 aromatic rings. The Labute approximate surface area is 127 Å². The number of para-hydroxylation sites is 1. The summed E-state index contributed by atoms with van der Waals surface area (Å²) in [6.07, 6.45) is -1.04. The van der Waals surface area contributed by atoms with E-state index in [-0.39, 0.29) is 5.56 Å². The molecule has 0 saturated heterocycles. The van der Waals surface area contributed by atoms with Crippen molar-refractivity contribution in [1.82, 2.24) is 0 Å². The molecule has 2 rings (SSSR count). The minimum atomic E-state index is -1.04. The van der Waals surface area contributed by atoms with Crippen molar-refractivity contribution in [3.8, 4) is 0 Å². The minimum absolute atomic E-state index is 0.196. The van der Waals surface area contributed by atoms with Crippen molar-refractivity contribution in [2.75, 3.05) is 5.32 Å². The fourth-order valence-corrected chi connectivity index (χ4v) is 1.85. The van der Waals surface area contributed by atoms with Gasteiger partial charge in [-0.3, -0.25) is 4.79 Å². The number of aryl methyl sites for hydroxylation is 1. The number of halogens is 1. The van der Waals surface area contributed by atoms with E-state index in [4.69, 9.17) is 4.74 Å². The third kappa shape index (κ3) is 3.69. The SMILES string of the molecule is Cc1ccccc1NC(=O)[C@@H](C)OC(=O)c1ccccc1F. The van der Waals surface area contributed by atoms with Gasteiger partial charge in [0.25, 0.3) is 5.91 Å². The van der Waals surface area contributed by atoms with Crippen LogP contribution in [0, 0.1) is 12.7 Å². The molecule has 22 heavy (non-hydrogen) atoms. The highest BCUT2D eigenvalue weighted by atomic mass is 19.1. The Hall–Kier alpha value is -2.69. The number of hydrogen-bond donors (Lipinski definition) is 1. The summed E-state index contributed by atoms with van der Waals surface area (Å²) in [5.74, 6) is -2.02. The van der Waals surface area contributed by atoms with Gasteiger partial charge in [0, 0.05) is 5.69 Å². The average Bonchev–Trinajstić information content (AvgIpc) is 2.49. The highest BCUT2D eigenvalue weighted by Crippen LogP contribution is 2.14. The van der Waals surface area contributed by atoms with Gasteiger partial charge in [-0.2, -0.15) is 0 Å². The maximum atomic E-state index is 13.5. The molecule has 1 atom stereocenters. The van der Waals surface area contributed by atoms with Crippen LogP contribution in [0.2, 0.25) is 0 Å². The maximum Gasteiger partial charge on any atom is 0.341 e. The summed E-state index contributed by atoms with van der Waals surface area (Å²) in [4.78, 5) is 23.9. The zero-order valence-corrected chi connectivity index (χ0v) is 12.3. The number of hydrogen-bond acceptors (Lipinski definition) is 3. The van der Waals surface area contributed by atoms with Crippen LogP contribution < -0.4 is 5.32 Å². The lowest BCUT2D eigenvalue weighted by Gasteiger charge is -2.14. The van der Waals surface area contributed by atoms with Crippen LogP contribution in [0.1, 0.15) is 22.8 Å². The number of amides is 1. The van der Waals surface area contributed by atoms with E-state index in [2.05, 4.69) is 5.32 Å². The third-order valence-electron chi connectivity index (χ3n) is 3.15. The van der Waals surface area contributed by atoms with Gasteiger partial charge in [0.05, 0.1) is 5.56 Å². The topological polar surface area (TPSA) is 55.4 Å². The second kappa shape index (κ2) is 6.85. The van der Waals surface area contributed by atoms with Crippen LogP contribution in [0.4, 0.5) is 10.1 Å². The number of carbonyl (C=O) groups is 2. The third-order valence-corrected chi connectivity index (χ3v) is 3.15. The molecular weight excluding hydrogens is 285 g/mol. The fourth-order valence-electron chi connectivity index (χ4n) is 1.85. The predicted octanol–water partition coefficient (Wildman–Crippen LogP) is 3.32. The van der Waals surface area contributed by atoms with E-state index in [1.165, 1.54) is 25.1 Å². The van der Waals surface area contributed by atoms with Gasteiger partial charge < -0.3 is 10.1 Å². The highest BCUT2D eigenvalue weighted by molar-refractivity contribution is 5.97. The first-order valence-electron chi connectivity index (χ1n) is 6.81. The smallest absolute Gasteiger partial charge is 0.341 e. The van der Waals surface area contributed by atoms with Gasteiger partial charge in [-0.25, -0.2) is 9.18 Å². The molecule has 0 aliphatic carbocycles. The molecular formula is C17H16FNO3. The summed E-state index contributed by atoms with van der Waals surface area (Å²) in [6, 6.07) is 12.7. The molecule has 0 saturated carbocycles. The van der Waals surface area contributed by atoms with Crippen molar-refractivity contribution < 1.29 is 18.7 Å². The molecule has 0 unspecified atom stereocenters. The lowest BCUT2D eigenvalue weighted by Crippen LogP contribution is -2.30. The fraction of sp³-hybridized carbons (Fsp3) is 0.176. The highest BCUT2D eigenvalue weighted by Gasteiger charge is 2.21. The van der Waals surface area contributed by atoms with Crippen molar-refractivity contribution >= 4 is 17.6 Å². The van der Waals surface area contributed by atoms with Crippen molar-refractivity contribution in [3.63, 3.8) is 0 Å². The van der Waals surface area contributed by atoms with Crippen LogP contribution in [0.25, 0.3) is 0 Å². The van der Waals surface area contributed by atoms with Crippen LogP contribution in [0.15, 0.2) is 48.5 Å². The molecule has 1 amide bonds. The Morgan fingerprint density at radius 3 is 2.41 bits per heavy atom. The average molecular weight is 301 g/mol. The van der Waals surface area contributed by atoms with Gasteiger partial charge in [0.1, 0.15) is 5.82 Å². The lowest BCUT2D eigenvalue weighted by molar-refractivity contribution is -0.123. The zero-order chi connectivity index (χ0) is 16.1. The molecule has 0 aromatic heterocycles. The summed E-state index contributed by atoms with van der Waals surface area (Å²) < 4.78 is 18.5. The Balaban J connectivity index is 2.01. The Morgan fingerprint density at radius 1 is 1.09 bits per heavy atom. The molecule has 5 heteroatoms.